The molecular weight excluding hydrogens is 337 g/mol. The van der Waals surface area contributed by atoms with Gasteiger partial charge in [0.2, 0.25) is 0 Å². The van der Waals surface area contributed by atoms with Crippen LogP contribution < -0.4 is 9.64 Å². The molecular formula is C21H28BN3O2. The maximum atomic E-state index is 12.6. The van der Waals surface area contributed by atoms with Crippen LogP contribution in [0.4, 0.5) is 5.69 Å². The minimum Gasteiger partial charge on any atom is -0.439 e. The molecule has 0 aromatic heterocycles. The highest BCUT2D eigenvalue weighted by molar-refractivity contribution is 6.26. The summed E-state index contributed by atoms with van der Waals surface area (Å²) in [7, 11) is 3.89. The normalized spacial score (nSPS) is 20.9. The second-order valence-electron chi connectivity index (χ2n) is 8.19. The smallest absolute Gasteiger partial charge is 0.275 e. The van der Waals surface area contributed by atoms with Crippen LogP contribution in [-0.4, -0.2) is 37.5 Å². The molecule has 0 bridgehead atoms. The highest BCUT2D eigenvalue weighted by Gasteiger charge is 2.35. The lowest BCUT2D eigenvalue weighted by Gasteiger charge is -2.26. The van der Waals surface area contributed by atoms with Gasteiger partial charge in [-0.05, 0) is 30.7 Å². The second-order valence-corrected chi connectivity index (χ2v) is 8.19. The van der Waals surface area contributed by atoms with Gasteiger partial charge in [-0.15, -0.1) is 0 Å². The molecule has 2 heterocycles. The molecule has 0 saturated heterocycles. The first-order valence-electron chi connectivity index (χ1n) is 9.59. The summed E-state index contributed by atoms with van der Waals surface area (Å²) in [5.74, 6) is 1.83. The average molecular weight is 365 g/mol. The lowest BCUT2D eigenvalue weighted by Crippen LogP contribution is -2.33. The zero-order chi connectivity index (χ0) is 19.8. The van der Waals surface area contributed by atoms with Crippen LogP contribution in [0.25, 0.3) is 0 Å². The van der Waals surface area contributed by atoms with Crippen molar-refractivity contribution in [1.29, 1.82) is 0 Å². The molecule has 0 saturated carbocycles. The van der Waals surface area contributed by atoms with Crippen LogP contribution in [0.3, 0.4) is 0 Å². The highest BCUT2D eigenvalue weighted by Crippen LogP contribution is 2.40. The molecule has 6 heteroatoms. The lowest BCUT2D eigenvalue weighted by molar-refractivity contribution is -0.124. The summed E-state index contributed by atoms with van der Waals surface area (Å²) in [6, 6.07) is 8.05. The molecule has 1 aromatic rings. The van der Waals surface area contributed by atoms with Gasteiger partial charge in [0.1, 0.15) is 7.85 Å². The predicted molar refractivity (Wildman–Crippen MR) is 113 cm³/mol. The van der Waals surface area contributed by atoms with Crippen molar-refractivity contribution in [3.8, 4) is 5.75 Å². The number of carbonyl (C=O) groups excluding carboxylic acids is 1. The van der Waals surface area contributed by atoms with Crippen LogP contribution in [0, 0.1) is 5.41 Å². The fraction of sp³-hybridized carbons (Fsp3) is 0.429. The van der Waals surface area contributed by atoms with Crippen molar-refractivity contribution in [1.82, 2.24) is 5.01 Å². The van der Waals surface area contributed by atoms with E-state index in [9.17, 15) is 4.79 Å². The number of allylic oxidation sites excluding steroid dienone is 2. The number of carbonyl (C=O) groups is 1. The van der Waals surface area contributed by atoms with Crippen molar-refractivity contribution in [2.75, 3.05) is 11.9 Å². The maximum absolute atomic E-state index is 12.6. The first-order chi connectivity index (χ1) is 12.7. The van der Waals surface area contributed by atoms with Gasteiger partial charge in [-0.1, -0.05) is 46.2 Å². The molecule has 0 N–H and O–H groups in total. The first-order valence-corrected chi connectivity index (χ1v) is 9.59. The summed E-state index contributed by atoms with van der Waals surface area (Å²) in [5, 5.41) is 5.85. The molecule has 1 aromatic carbocycles. The topological polar surface area (TPSA) is 45.1 Å². The molecule has 1 atom stereocenters. The molecule has 0 radical (unpaired) electrons. The van der Waals surface area contributed by atoms with Crippen LogP contribution in [0.15, 0.2) is 53.0 Å². The van der Waals surface area contributed by atoms with E-state index in [1.165, 1.54) is 5.01 Å². The van der Waals surface area contributed by atoms with Gasteiger partial charge >= 0.3 is 0 Å². The molecule has 0 fully saturated rings. The fourth-order valence-corrected chi connectivity index (χ4v) is 3.52. The third-order valence-electron chi connectivity index (χ3n) is 4.86. The van der Waals surface area contributed by atoms with Crippen LogP contribution in [0.1, 0.15) is 40.5 Å². The Bertz CT molecular complexity index is 836. The van der Waals surface area contributed by atoms with Gasteiger partial charge < -0.3 is 9.64 Å². The van der Waals surface area contributed by atoms with Crippen molar-refractivity contribution in [2.45, 2.75) is 46.5 Å². The Balaban J connectivity index is 1.99. The Labute approximate surface area is 162 Å². The fourth-order valence-electron chi connectivity index (χ4n) is 3.52. The molecule has 1 amide bonds. The minimum absolute atomic E-state index is 0.0829. The molecule has 2 aliphatic rings. The van der Waals surface area contributed by atoms with E-state index in [0.717, 1.165) is 35.9 Å². The molecule has 142 valence electrons. The zero-order valence-electron chi connectivity index (χ0n) is 17.1. The number of amides is 1. The van der Waals surface area contributed by atoms with Crippen molar-refractivity contribution in [3.63, 3.8) is 0 Å². The summed E-state index contributed by atoms with van der Waals surface area (Å²) in [4.78, 5) is 14.8. The quantitative estimate of drug-likeness (QED) is 0.608. The Hall–Kier alpha value is -2.50. The average Bonchev–Trinajstić information content (AvgIpc) is 3.11. The van der Waals surface area contributed by atoms with Gasteiger partial charge in [0.25, 0.3) is 5.91 Å². The molecule has 0 spiro atoms. The number of hydrogen-bond acceptors (Lipinski definition) is 4. The second kappa shape index (κ2) is 7.26. The van der Waals surface area contributed by atoms with E-state index in [-0.39, 0.29) is 11.3 Å². The molecule has 1 unspecified atom stereocenters. The number of hydrogen-bond donors (Lipinski definition) is 0. The summed E-state index contributed by atoms with van der Waals surface area (Å²) >= 11 is 0. The summed E-state index contributed by atoms with van der Waals surface area (Å²) in [6.45, 7) is 8.38. The number of anilines is 1. The number of nitrogens with zero attached hydrogens (tertiary/aromatic N) is 3. The molecule has 2 aliphatic heterocycles. The Morgan fingerprint density at radius 3 is 2.63 bits per heavy atom. The van der Waals surface area contributed by atoms with E-state index >= 15 is 0 Å². The van der Waals surface area contributed by atoms with Crippen molar-refractivity contribution < 1.29 is 9.53 Å². The van der Waals surface area contributed by atoms with Crippen LogP contribution in [-0.2, 0) is 4.79 Å². The SMILES string of the molecule is BC(CCC)N1/C(=C\C=C2\C(=O)N(C)N=C2C(C)(C)C)Oc2ccccc21. The van der Waals surface area contributed by atoms with E-state index < -0.39 is 0 Å². The lowest BCUT2D eigenvalue weighted by atomic mass is 9.85. The number of ether oxygens (including phenoxy) is 1. The Morgan fingerprint density at radius 1 is 1.26 bits per heavy atom. The zero-order valence-corrected chi connectivity index (χ0v) is 17.1. The largest absolute Gasteiger partial charge is 0.439 e. The van der Waals surface area contributed by atoms with E-state index in [2.05, 4.69) is 51.6 Å². The number of hydrazone groups is 1. The first kappa shape index (κ1) is 19.3. The molecule has 0 aliphatic carbocycles. The number of benzene rings is 1. The third kappa shape index (κ3) is 3.66. The third-order valence-corrected chi connectivity index (χ3v) is 4.86. The van der Waals surface area contributed by atoms with Gasteiger partial charge in [-0.2, -0.15) is 5.10 Å². The molecule has 5 nitrogen and oxygen atoms in total. The van der Waals surface area contributed by atoms with Crippen molar-refractivity contribution in [3.05, 3.63) is 47.9 Å². The van der Waals surface area contributed by atoms with Crippen LogP contribution in [0.2, 0.25) is 0 Å². The van der Waals surface area contributed by atoms with Crippen molar-refractivity contribution in [2.24, 2.45) is 10.5 Å². The van der Waals surface area contributed by atoms with Gasteiger partial charge in [-0.3, -0.25) is 4.79 Å². The number of fused-ring (bicyclic) bond motifs is 1. The van der Waals surface area contributed by atoms with Gasteiger partial charge in [0, 0.05) is 18.4 Å². The molecule has 3 rings (SSSR count). The summed E-state index contributed by atoms with van der Waals surface area (Å²) in [6.07, 6.45) is 5.91. The van der Waals surface area contributed by atoms with E-state index in [4.69, 9.17) is 4.74 Å². The van der Waals surface area contributed by atoms with Crippen molar-refractivity contribution >= 4 is 25.2 Å². The summed E-state index contributed by atoms with van der Waals surface area (Å²) < 4.78 is 6.11. The number of rotatable bonds is 4. The van der Waals surface area contributed by atoms with Crippen LogP contribution >= 0.6 is 0 Å². The highest BCUT2D eigenvalue weighted by atomic mass is 16.5. The van der Waals surface area contributed by atoms with E-state index in [1.807, 2.05) is 30.4 Å². The number of para-hydroxylation sites is 2. The van der Waals surface area contributed by atoms with Gasteiger partial charge in [0.15, 0.2) is 11.6 Å². The van der Waals surface area contributed by atoms with Crippen LogP contribution in [0.5, 0.6) is 5.75 Å². The van der Waals surface area contributed by atoms with Gasteiger partial charge in [0.05, 0.1) is 17.0 Å². The number of likely N-dealkylation sites (N-methyl/N-ethyl adjacent to an activating group) is 1. The van der Waals surface area contributed by atoms with E-state index in [1.54, 1.807) is 7.05 Å². The Kier molecular flexibility index (Phi) is 5.18. The predicted octanol–water partition coefficient (Wildman–Crippen LogP) is 3.29. The maximum Gasteiger partial charge on any atom is 0.275 e. The monoisotopic (exact) mass is 365 g/mol. The Morgan fingerprint density at radius 2 is 1.96 bits per heavy atom. The molecule has 27 heavy (non-hydrogen) atoms. The standard InChI is InChI=1S/C21H28BN3O2/c1-6-9-17(22)25-15-10-7-8-11-16(15)27-18(25)13-12-14-19(21(2,3)4)23-24(5)20(14)26/h7-8,10-13,17H,6,9,22H2,1-5H3/b14-12+,18-13+. The van der Waals surface area contributed by atoms with Gasteiger partial charge in [-0.25, -0.2) is 5.01 Å². The minimum atomic E-state index is -0.209. The summed E-state index contributed by atoms with van der Waals surface area (Å²) in [5.41, 5.74) is 2.29. The van der Waals surface area contributed by atoms with E-state index in [0.29, 0.717) is 11.5 Å².